The summed E-state index contributed by atoms with van der Waals surface area (Å²) in [4.78, 5) is 18.2. The maximum atomic E-state index is 12.5. The molecule has 0 saturated carbocycles. The fourth-order valence-electron chi connectivity index (χ4n) is 1.88. The first-order chi connectivity index (χ1) is 9.67. The van der Waals surface area contributed by atoms with Crippen molar-refractivity contribution in [3.63, 3.8) is 0 Å². The van der Waals surface area contributed by atoms with Gasteiger partial charge < -0.3 is 15.0 Å². The number of pyridine rings is 1. The van der Waals surface area contributed by atoms with Crippen molar-refractivity contribution >= 4 is 17.4 Å². The third-order valence-electron chi connectivity index (χ3n) is 2.98. The van der Waals surface area contributed by atoms with Crippen molar-refractivity contribution in [1.82, 2.24) is 4.98 Å². The lowest BCUT2D eigenvalue weighted by Crippen LogP contribution is -2.27. The summed E-state index contributed by atoms with van der Waals surface area (Å²) in [7, 11) is 5.05. The van der Waals surface area contributed by atoms with Crippen LogP contribution in [0.4, 0.5) is 11.5 Å². The highest BCUT2D eigenvalue weighted by molar-refractivity contribution is 6.05. The van der Waals surface area contributed by atoms with Crippen molar-refractivity contribution in [2.24, 2.45) is 0 Å². The average Bonchev–Trinajstić information content (AvgIpc) is 2.53. The molecule has 2 rings (SSSR count). The van der Waals surface area contributed by atoms with Crippen LogP contribution in [0.5, 0.6) is 5.75 Å². The van der Waals surface area contributed by atoms with E-state index in [1.165, 1.54) is 4.90 Å². The smallest absolute Gasteiger partial charge is 0.276 e. The van der Waals surface area contributed by atoms with E-state index in [4.69, 9.17) is 4.74 Å². The number of aromatic nitrogens is 1. The summed E-state index contributed by atoms with van der Waals surface area (Å²) in [5.74, 6) is 1.11. The zero-order chi connectivity index (χ0) is 14.5. The lowest BCUT2D eigenvalue weighted by atomic mass is 10.2. The van der Waals surface area contributed by atoms with E-state index in [-0.39, 0.29) is 5.91 Å². The van der Waals surface area contributed by atoms with Crippen LogP contribution < -0.4 is 15.0 Å². The van der Waals surface area contributed by atoms with E-state index < -0.39 is 0 Å². The number of benzene rings is 1. The molecule has 0 spiro atoms. The molecule has 2 aromatic rings. The largest absolute Gasteiger partial charge is 0.495 e. The molecule has 0 aliphatic heterocycles. The third-order valence-corrected chi connectivity index (χ3v) is 2.98. The number of hydrogen-bond acceptors (Lipinski definition) is 4. The van der Waals surface area contributed by atoms with Gasteiger partial charge in [-0.2, -0.15) is 0 Å². The number of nitrogens with one attached hydrogen (secondary N) is 1. The molecule has 20 heavy (non-hydrogen) atoms. The van der Waals surface area contributed by atoms with E-state index in [1.54, 1.807) is 39.4 Å². The maximum absolute atomic E-state index is 12.5. The lowest BCUT2D eigenvalue weighted by molar-refractivity contribution is 0.0988. The van der Waals surface area contributed by atoms with Crippen LogP contribution in [0.3, 0.4) is 0 Å². The molecule has 0 unspecified atom stereocenters. The van der Waals surface area contributed by atoms with Gasteiger partial charge in [-0.3, -0.25) is 4.79 Å². The first-order valence-electron chi connectivity index (χ1n) is 6.23. The predicted molar refractivity (Wildman–Crippen MR) is 79.5 cm³/mol. The molecule has 0 atom stereocenters. The van der Waals surface area contributed by atoms with Gasteiger partial charge in [0.25, 0.3) is 5.91 Å². The van der Waals surface area contributed by atoms with Gasteiger partial charge in [-0.1, -0.05) is 18.2 Å². The van der Waals surface area contributed by atoms with Crippen molar-refractivity contribution in [1.29, 1.82) is 0 Å². The lowest BCUT2D eigenvalue weighted by Gasteiger charge is -2.19. The van der Waals surface area contributed by atoms with E-state index in [0.717, 1.165) is 0 Å². The van der Waals surface area contributed by atoms with Crippen molar-refractivity contribution in [2.75, 3.05) is 31.4 Å². The van der Waals surface area contributed by atoms with Crippen molar-refractivity contribution in [3.05, 3.63) is 48.2 Å². The number of carbonyl (C=O) groups excluding carboxylic acids is 1. The van der Waals surface area contributed by atoms with Gasteiger partial charge in [-0.15, -0.1) is 0 Å². The Labute approximate surface area is 118 Å². The topological polar surface area (TPSA) is 54.5 Å². The number of carbonyl (C=O) groups is 1. The van der Waals surface area contributed by atoms with Crippen molar-refractivity contribution < 1.29 is 9.53 Å². The predicted octanol–water partition coefficient (Wildman–Crippen LogP) is 2.41. The minimum absolute atomic E-state index is 0.188. The summed E-state index contributed by atoms with van der Waals surface area (Å²) in [6, 6.07) is 12.7. The Kier molecular flexibility index (Phi) is 4.20. The fourth-order valence-corrected chi connectivity index (χ4v) is 1.88. The quantitative estimate of drug-likeness (QED) is 0.927. The summed E-state index contributed by atoms with van der Waals surface area (Å²) in [6.07, 6.45) is 0. The number of rotatable bonds is 4. The van der Waals surface area contributed by atoms with Crippen LogP contribution in [0.25, 0.3) is 0 Å². The van der Waals surface area contributed by atoms with Crippen LogP contribution in [0.1, 0.15) is 10.5 Å². The number of para-hydroxylation sites is 2. The molecule has 5 nitrogen and oxygen atoms in total. The molecular formula is C15H17N3O2. The molecule has 1 N–H and O–H groups in total. The Morgan fingerprint density at radius 3 is 2.65 bits per heavy atom. The Morgan fingerprint density at radius 2 is 1.95 bits per heavy atom. The Balaban J connectivity index is 2.32. The van der Waals surface area contributed by atoms with Gasteiger partial charge in [0, 0.05) is 14.1 Å². The Morgan fingerprint density at radius 1 is 1.20 bits per heavy atom. The van der Waals surface area contributed by atoms with E-state index >= 15 is 0 Å². The third kappa shape index (κ3) is 2.71. The Hall–Kier alpha value is -2.56. The first-order valence-corrected chi connectivity index (χ1v) is 6.23. The van der Waals surface area contributed by atoms with E-state index in [9.17, 15) is 4.79 Å². The van der Waals surface area contributed by atoms with E-state index in [0.29, 0.717) is 22.9 Å². The van der Waals surface area contributed by atoms with Crippen LogP contribution in [0.15, 0.2) is 42.5 Å². The highest BCUT2D eigenvalue weighted by Gasteiger charge is 2.17. The number of anilines is 2. The van der Waals surface area contributed by atoms with E-state index in [2.05, 4.69) is 10.3 Å². The van der Waals surface area contributed by atoms with Crippen molar-refractivity contribution in [2.45, 2.75) is 0 Å². The van der Waals surface area contributed by atoms with Gasteiger partial charge >= 0.3 is 0 Å². The van der Waals surface area contributed by atoms with Gasteiger partial charge in [-0.25, -0.2) is 4.98 Å². The summed E-state index contributed by atoms with van der Waals surface area (Å²) >= 11 is 0. The molecule has 0 aliphatic rings. The maximum Gasteiger partial charge on any atom is 0.276 e. The highest BCUT2D eigenvalue weighted by Crippen LogP contribution is 2.27. The van der Waals surface area contributed by atoms with E-state index in [1.807, 2.05) is 24.3 Å². The number of hydrogen-bond donors (Lipinski definition) is 1. The molecule has 1 amide bonds. The standard InChI is InChI=1S/C15H17N3O2/c1-16-14-10-6-7-11(17-14)15(19)18(2)12-8-4-5-9-13(12)20-3/h4-10H,1-3H3,(H,16,17). The minimum Gasteiger partial charge on any atom is -0.495 e. The van der Waals surface area contributed by atoms with Gasteiger partial charge in [0.15, 0.2) is 0 Å². The van der Waals surface area contributed by atoms with Crippen LogP contribution >= 0.6 is 0 Å². The molecule has 1 aromatic carbocycles. The zero-order valence-corrected chi connectivity index (χ0v) is 11.8. The second-order valence-electron chi connectivity index (χ2n) is 4.19. The summed E-state index contributed by atoms with van der Waals surface area (Å²) in [6.45, 7) is 0. The first kappa shape index (κ1) is 13.9. The summed E-state index contributed by atoms with van der Waals surface area (Å²) in [5.41, 5.74) is 1.09. The monoisotopic (exact) mass is 271 g/mol. The molecule has 1 aromatic heterocycles. The van der Waals surface area contributed by atoms with Crippen LogP contribution in [-0.4, -0.2) is 32.1 Å². The summed E-state index contributed by atoms with van der Waals surface area (Å²) in [5, 5.41) is 2.92. The molecule has 5 heteroatoms. The Bertz CT molecular complexity index is 614. The van der Waals surface area contributed by atoms with Gasteiger partial charge in [0.2, 0.25) is 0 Å². The second kappa shape index (κ2) is 6.06. The van der Waals surface area contributed by atoms with Gasteiger partial charge in [-0.05, 0) is 24.3 Å². The molecule has 104 valence electrons. The van der Waals surface area contributed by atoms with Crippen LogP contribution in [-0.2, 0) is 0 Å². The minimum atomic E-state index is -0.188. The van der Waals surface area contributed by atoms with Crippen LogP contribution in [0.2, 0.25) is 0 Å². The van der Waals surface area contributed by atoms with Crippen LogP contribution in [0, 0.1) is 0 Å². The molecule has 0 radical (unpaired) electrons. The molecule has 1 heterocycles. The average molecular weight is 271 g/mol. The number of methoxy groups -OCH3 is 1. The SMILES string of the molecule is CNc1cccc(C(=O)N(C)c2ccccc2OC)n1. The zero-order valence-electron chi connectivity index (χ0n) is 11.8. The second-order valence-corrected chi connectivity index (χ2v) is 4.19. The van der Waals surface area contributed by atoms with Gasteiger partial charge in [0.05, 0.1) is 12.8 Å². The number of nitrogens with zero attached hydrogens (tertiary/aromatic N) is 2. The normalized spacial score (nSPS) is 9.95. The fraction of sp³-hybridized carbons (Fsp3) is 0.200. The van der Waals surface area contributed by atoms with Gasteiger partial charge in [0.1, 0.15) is 17.3 Å². The van der Waals surface area contributed by atoms with Crippen molar-refractivity contribution in [3.8, 4) is 5.75 Å². The highest BCUT2D eigenvalue weighted by atomic mass is 16.5. The number of amides is 1. The molecule has 0 aliphatic carbocycles. The molecule has 0 bridgehead atoms. The molecule has 0 saturated heterocycles. The summed E-state index contributed by atoms with van der Waals surface area (Å²) < 4.78 is 5.27. The number of ether oxygens (including phenoxy) is 1. The molecule has 0 fully saturated rings. The molecular weight excluding hydrogens is 254 g/mol.